The number of hydrogen-bond acceptors (Lipinski definition) is 3. The van der Waals surface area contributed by atoms with Crippen LogP contribution in [0.2, 0.25) is 0 Å². The Labute approximate surface area is 108 Å². The van der Waals surface area contributed by atoms with E-state index in [9.17, 15) is 0 Å². The number of fused-ring (bicyclic) bond motifs is 1. The molecule has 0 aromatic heterocycles. The maximum Gasteiger partial charge on any atom is 0.0725 e. The molecule has 0 bridgehead atoms. The molecule has 0 spiro atoms. The molecule has 1 aliphatic carbocycles. The van der Waals surface area contributed by atoms with E-state index in [4.69, 9.17) is 10.6 Å². The summed E-state index contributed by atoms with van der Waals surface area (Å²) in [5.74, 6) is 5.76. The average molecular weight is 244 g/mol. The van der Waals surface area contributed by atoms with Crippen molar-refractivity contribution in [3.63, 3.8) is 0 Å². The van der Waals surface area contributed by atoms with E-state index in [2.05, 4.69) is 29.7 Å². The first-order valence-electron chi connectivity index (χ1n) is 6.73. The van der Waals surface area contributed by atoms with Crippen molar-refractivity contribution in [2.24, 2.45) is 5.84 Å². The van der Waals surface area contributed by atoms with Gasteiger partial charge < -0.3 is 4.74 Å². The number of hydrogen-bond donors (Lipinski definition) is 2. The summed E-state index contributed by atoms with van der Waals surface area (Å²) in [7, 11) is 0. The minimum atomic E-state index is 0.163. The monoisotopic (exact) mass is 244 g/mol. The molecule has 1 aliphatic heterocycles. The van der Waals surface area contributed by atoms with Gasteiger partial charge in [-0.25, -0.2) is 5.43 Å². The Bertz CT molecular complexity index is 468. The van der Waals surface area contributed by atoms with Crippen LogP contribution in [0.3, 0.4) is 0 Å². The average Bonchev–Trinajstić information content (AvgIpc) is 2.88. The van der Waals surface area contributed by atoms with E-state index in [0.29, 0.717) is 0 Å². The Hall–Kier alpha value is -1.16. The zero-order chi connectivity index (χ0) is 12.4. The molecule has 0 fully saturated rings. The zero-order valence-electron chi connectivity index (χ0n) is 10.6. The van der Waals surface area contributed by atoms with E-state index in [1.54, 1.807) is 0 Å². The standard InChI is InChI=1S/C15H20N2O/c16-17-15(11-4-2-1-3-5-11)12-6-7-13-9-18-10-14(13)8-12/h4,6-8,15,17H,1-3,5,9-10,16H2. The van der Waals surface area contributed by atoms with Gasteiger partial charge >= 0.3 is 0 Å². The van der Waals surface area contributed by atoms with E-state index >= 15 is 0 Å². The molecule has 1 atom stereocenters. The van der Waals surface area contributed by atoms with Crippen molar-refractivity contribution < 1.29 is 4.74 Å². The Balaban J connectivity index is 1.89. The summed E-state index contributed by atoms with van der Waals surface area (Å²) in [6.45, 7) is 1.48. The molecule has 3 nitrogen and oxygen atoms in total. The first kappa shape index (κ1) is 11.9. The van der Waals surface area contributed by atoms with Crippen LogP contribution in [0, 0.1) is 0 Å². The molecule has 96 valence electrons. The molecule has 1 aromatic rings. The number of benzene rings is 1. The highest BCUT2D eigenvalue weighted by molar-refractivity contribution is 5.37. The normalized spacial score (nSPS) is 20.4. The quantitative estimate of drug-likeness (QED) is 0.488. The predicted octanol–water partition coefficient (Wildman–Crippen LogP) is 2.72. The maximum absolute atomic E-state index is 5.76. The molecule has 0 radical (unpaired) electrons. The van der Waals surface area contributed by atoms with Crippen LogP contribution in [0.15, 0.2) is 29.8 Å². The fourth-order valence-electron chi connectivity index (χ4n) is 2.91. The Morgan fingerprint density at radius 2 is 2.06 bits per heavy atom. The Kier molecular flexibility index (Phi) is 3.46. The van der Waals surface area contributed by atoms with Crippen molar-refractivity contribution in [3.05, 3.63) is 46.5 Å². The van der Waals surface area contributed by atoms with Crippen LogP contribution >= 0.6 is 0 Å². The number of nitrogens with two attached hydrogens (primary N) is 1. The van der Waals surface area contributed by atoms with Crippen LogP contribution in [-0.2, 0) is 18.0 Å². The van der Waals surface area contributed by atoms with E-state index in [-0.39, 0.29) is 6.04 Å². The first-order chi connectivity index (χ1) is 8.88. The number of nitrogens with one attached hydrogen (secondary N) is 1. The summed E-state index contributed by atoms with van der Waals surface area (Å²) in [6, 6.07) is 6.75. The lowest BCUT2D eigenvalue weighted by molar-refractivity contribution is 0.134. The van der Waals surface area contributed by atoms with Gasteiger partial charge in [-0.1, -0.05) is 29.8 Å². The minimum Gasteiger partial charge on any atom is -0.372 e. The Morgan fingerprint density at radius 3 is 2.83 bits per heavy atom. The van der Waals surface area contributed by atoms with Crippen LogP contribution in [0.5, 0.6) is 0 Å². The first-order valence-corrected chi connectivity index (χ1v) is 6.73. The van der Waals surface area contributed by atoms with E-state index in [0.717, 1.165) is 19.6 Å². The minimum absolute atomic E-state index is 0.163. The molecule has 2 aliphatic rings. The highest BCUT2D eigenvalue weighted by atomic mass is 16.5. The van der Waals surface area contributed by atoms with Gasteiger partial charge in [0.15, 0.2) is 0 Å². The second-order valence-corrected chi connectivity index (χ2v) is 5.15. The summed E-state index contributed by atoms with van der Waals surface area (Å²) < 4.78 is 5.46. The predicted molar refractivity (Wildman–Crippen MR) is 71.6 cm³/mol. The maximum atomic E-state index is 5.76. The van der Waals surface area contributed by atoms with Crippen molar-refractivity contribution in [1.29, 1.82) is 0 Å². The summed E-state index contributed by atoms with van der Waals surface area (Å²) in [4.78, 5) is 0. The van der Waals surface area contributed by atoms with Gasteiger partial charge in [0, 0.05) is 0 Å². The third-order valence-corrected chi connectivity index (χ3v) is 3.94. The molecule has 1 heterocycles. The summed E-state index contributed by atoms with van der Waals surface area (Å²) in [5.41, 5.74) is 8.28. The van der Waals surface area contributed by atoms with Crippen LogP contribution in [0.1, 0.15) is 48.4 Å². The Morgan fingerprint density at radius 1 is 1.17 bits per heavy atom. The number of hydrazine groups is 1. The van der Waals surface area contributed by atoms with Gasteiger partial charge in [-0.05, 0) is 42.4 Å². The molecule has 3 N–H and O–H groups in total. The topological polar surface area (TPSA) is 47.3 Å². The molecular formula is C15H20N2O. The van der Waals surface area contributed by atoms with Crippen LogP contribution in [0.4, 0.5) is 0 Å². The molecule has 0 saturated heterocycles. The lowest BCUT2D eigenvalue weighted by Gasteiger charge is -2.23. The van der Waals surface area contributed by atoms with Gasteiger partial charge in [-0.15, -0.1) is 0 Å². The van der Waals surface area contributed by atoms with Crippen molar-refractivity contribution in [3.8, 4) is 0 Å². The summed E-state index contributed by atoms with van der Waals surface area (Å²) in [6.07, 6.45) is 7.26. The van der Waals surface area contributed by atoms with Crippen molar-refractivity contribution in [2.75, 3.05) is 0 Å². The number of rotatable bonds is 3. The van der Waals surface area contributed by atoms with E-state index in [1.807, 2.05) is 0 Å². The fraction of sp³-hybridized carbons (Fsp3) is 0.467. The van der Waals surface area contributed by atoms with E-state index < -0.39 is 0 Å². The fourth-order valence-corrected chi connectivity index (χ4v) is 2.91. The number of ether oxygens (including phenoxy) is 1. The highest BCUT2D eigenvalue weighted by Gasteiger charge is 2.19. The van der Waals surface area contributed by atoms with Crippen LogP contribution in [-0.4, -0.2) is 0 Å². The second-order valence-electron chi connectivity index (χ2n) is 5.15. The lowest BCUT2D eigenvalue weighted by Crippen LogP contribution is -2.30. The van der Waals surface area contributed by atoms with Crippen molar-refractivity contribution in [1.82, 2.24) is 5.43 Å². The SMILES string of the molecule is NNC(C1=CCCCC1)c1ccc2c(c1)COC2. The summed E-state index contributed by atoms with van der Waals surface area (Å²) >= 11 is 0. The third-order valence-electron chi connectivity index (χ3n) is 3.94. The lowest BCUT2D eigenvalue weighted by atomic mass is 9.89. The molecule has 18 heavy (non-hydrogen) atoms. The largest absolute Gasteiger partial charge is 0.372 e. The number of allylic oxidation sites excluding steroid dienone is 1. The molecular weight excluding hydrogens is 224 g/mol. The van der Waals surface area contributed by atoms with Crippen LogP contribution in [0.25, 0.3) is 0 Å². The van der Waals surface area contributed by atoms with E-state index in [1.165, 1.54) is 41.5 Å². The molecule has 1 aromatic carbocycles. The second kappa shape index (κ2) is 5.22. The van der Waals surface area contributed by atoms with Gasteiger partial charge in [-0.3, -0.25) is 5.84 Å². The smallest absolute Gasteiger partial charge is 0.0725 e. The van der Waals surface area contributed by atoms with Gasteiger partial charge in [0.25, 0.3) is 0 Å². The van der Waals surface area contributed by atoms with Crippen molar-refractivity contribution >= 4 is 0 Å². The molecule has 0 saturated carbocycles. The van der Waals surface area contributed by atoms with Crippen molar-refractivity contribution in [2.45, 2.75) is 44.9 Å². The van der Waals surface area contributed by atoms with Crippen LogP contribution < -0.4 is 11.3 Å². The van der Waals surface area contributed by atoms with Gasteiger partial charge in [-0.2, -0.15) is 0 Å². The highest BCUT2D eigenvalue weighted by Crippen LogP contribution is 2.31. The third kappa shape index (κ3) is 2.21. The molecule has 0 amide bonds. The van der Waals surface area contributed by atoms with Gasteiger partial charge in [0.2, 0.25) is 0 Å². The molecule has 3 rings (SSSR count). The summed E-state index contributed by atoms with van der Waals surface area (Å²) in [5, 5.41) is 0. The van der Waals surface area contributed by atoms with Gasteiger partial charge in [0.05, 0.1) is 19.3 Å². The zero-order valence-corrected chi connectivity index (χ0v) is 10.6. The molecule has 3 heteroatoms. The van der Waals surface area contributed by atoms with Gasteiger partial charge in [0.1, 0.15) is 0 Å². The molecule has 1 unspecified atom stereocenters.